The van der Waals surface area contributed by atoms with Crippen molar-refractivity contribution in [3.05, 3.63) is 35.7 Å². The van der Waals surface area contributed by atoms with E-state index in [0.29, 0.717) is 11.4 Å². The van der Waals surface area contributed by atoms with E-state index in [0.717, 1.165) is 36.8 Å². The molecule has 1 fully saturated rings. The summed E-state index contributed by atoms with van der Waals surface area (Å²) in [5, 5.41) is 5.39. The van der Waals surface area contributed by atoms with Gasteiger partial charge in [-0.1, -0.05) is 12.1 Å². The third kappa shape index (κ3) is 6.22. The fraction of sp³-hybridized carbons (Fsp3) is 0.429. The summed E-state index contributed by atoms with van der Waals surface area (Å²) in [6.45, 7) is 0. The molecular weight excluding hydrogens is 419 g/mol. The average molecular weight is 441 g/mol. The summed E-state index contributed by atoms with van der Waals surface area (Å²) in [5.74, 6) is -0.369. The molecule has 1 aromatic carbocycles. The molecule has 0 radical (unpaired) electrons. The molecule has 162 valence electrons. The number of carbonyl (C=O) groups excluding carboxylic acids is 2. The fourth-order valence-corrected chi connectivity index (χ4v) is 4.45. The summed E-state index contributed by atoms with van der Waals surface area (Å²) in [7, 11) is 1.39. The lowest BCUT2D eigenvalue weighted by molar-refractivity contribution is -0.274. The maximum Gasteiger partial charge on any atom is 0.573 e. The van der Waals surface area contributed by atoms with Crippen molar-refractivity contribution in [3.8, 4) is 16.9 Å². The summed E-state index contributed by atoms with van der Waals surface area (Å²) >= 11 is 1.35. The Morgan fingerprint density at radius 1 is 1.10 bits per heavy atom. The van der Waals surface area contributed by atoms with Crippen LogP contribution in [-0.4, -0.2) is 25.3 Å². The third-order valence-electron chi connectivity index (χ3n) is 5.14. The van der Waals surface area contributed by atoms with Gasteiger partial charge in [0.15, 0.2) is 0 Å². The predicted molar refractivity (Wildman–Crippen MR) is 107 cm³/mol. The molecule has 0 unspecified atom stereocenters. The van der Waals surface area contributed by atoms with Gasteiger partial charge in [0.25, 0.3) is 0 Å². The molecule has 1 heterocycles. The van der Waals surface area contributed by atoms with Gasteiger partial charge in [0.1, 0.15) is 5.75 Å². The minimum Gasteiger partial charge on any atom is -0.469 e. The molecule has 5 nitrogen and oxygen atoms in total. The molecule has 2 aromatic rings. The van der Waals surface area contributed by atoms with Crippen LogP contribution in [0.2, 0.25) is 0 Å². The molecule has 3 rings (SSSR count). The maximum atomic E-state index is 12.4. The number of nitrogens with one attached hydrogen (secondary N) is 1. The molecule has 0 aliphatic heterocycles. The number of halogens is 3. The van der Waals surface area contributed by atoms with Crippen molar-refractivity contribution in [2.45, 2.75) is 38.5 Å². The first-order chi connectivity index (χ1) is 14.2. The Bertz CT molecular complexity index is 871. The van der Waals surface area contributed by atoms with E-state index in [1.54, 1.807) is 6.07 Å². The number of alkyl halides is 3. The third-order valence-corrected chi connectivity index (χ3v) is 5.98. The van der Waals surface area contributed by atoms with Crippen molar-refractivity contribution in [2.75, 3.05) is 12.4 Å². The number of rotatable bonds is 6. The molecule has 1 aliphatic carbocycles. The zero-order chi connectivity index (χ0) is 21.7. The van der Waals surface area contributed by atoms with Gasteiger partial charge < -0.3 is 14.8 Å². The van der Waals surface area contributed by atoms with Crippen LogP contribution in [0.1, 0.15) is 32.1 Å². The second-order valence-electron chi connectivity index (χ2n) is 7.26. The summed E-state index contributed by atoms with van der Waals surface area (Å²) in [5.41, 5.74) is 1.52. The SMILES string of the molecule is COC(=O)C1CCC(CC(=O)Nc2cc(-c3ccc(OC(F)(F)F)cc3)cs2)CC1. The van der Waals surface area contributed by atoms with E-state index in [9.17, 15) is 22.8 Å². The largest absolute Gasteiger partial charge is 0.573 e. The molecule has 30 heavy (non-hydrogen) atoms. The van der Waals surface area contributed by atoms with Gasteiger partial charge in [0.05, 0.1) is 18.0 Å². The molecule has 1 saturated carbocycles. The molecule has 1 N–H and O–H groups in total. The van der Waals surface area contributed by atoms with Crippen LogP contribution < -0.4 is 10.1 Å². The Morgan fingerprint density at radius 3 is 2.37 bits per heavy atom. The van der Waals surface area contributed by atoms with E-state index in [-0.39, 0.29) is 29.5 Å². The zero-order valence-corrected chi connectivity index (χ0v) is 17.1. The first kappa shape index (κ1) is 22.1. The quantitative estimate of drug-likeness (QED) is 0.591. The smallest absolute Gasteiger partial charge is 0.469 e. The van der Waals surface area contributed by atoms with Crippen LogP contribution in [-0.2, 0) is 14.3 Å². The Kier molecular flexibility index (Phi) is 7.02. The van der Waals surface area contributed by atoms with Crippen LogP contribution in [0.5, 0.6) is 5.75 Å². The summed E-state index contributed by atoms with van der Waals surface area (Å²) in [6.07, 6.45) is -1.22. The van der Waals surface area contributed by atoms with E-state index >= 15 is 0 Å². The number of hydrogen-bond donors (Lipinski definition) is 1. The minimum atomic E-state index is -4.72. The fourth-order valence-electron chi connectivity index (χ4n) is 3.62. The number of ether oxygens (including phenoxy) is 2. The number of methoxy groups -OCH3 is 1. The highest BCUT2D eigenvalue weighted by Crippen LogP contribution is 2.34. The van der Waals surface area contributed by atoms with Gasteiger partial charge in [0.2, 0.25) is 5.91 Å². The van der Waals surface area contributed by atoms with Crippen LogP contribution in [0.3, 0.4) is 0 Å². The minimum absolute atomic E-state index is 0.0675. The molecule has 1 aliphatic rings. The Hall–Kier alpha value is -2.55. The molecule has 1 aromatic heterocycles. The van der Waals surface area contributed by atoms with Gasteiger partial charge in [-0.3, -0.25) is 9.59 Å². The normalized spacial score (nSPS) is 19.2. The zero-order valence-electron chi connectivity index (χ0n) is 16.3. The van der Waals surface area contributed by atoms with E-state index in [2.05, 4.69) is 10.1 Å². The predicted octanol–water partition coefficient (Wildman–Crippen LogP) is 5.62. The lowest BCUT2D eigenvalue weighted by Gasteiger charge is -2.26. The van der Waals surface area contributed by atoms with Gasteiger partial charge in [0, 0.05) is 11.8 Å². The van der Waals surface area contributed by atoms with E-state index in [1.165, 1.54) is 42.7 Å². The van der Waals surface area contributed by atoms with Crippen molar-refractivity contribution in [2.24, 2.45) is 11.8 Å². The Balaban J connectivity index is 1.50. The molecule has 1 amide bonds. The number of benzene rings is 1. The molecule has 0 atom stereocenters. The first-order valence-electron chi connectivity index (χ1n) is 9.56. The highest BCUT2D eigenvalue weighted by molar-refractivity contribution is 7.14. The average Bonchev–Trinajstić information content (AvgIpc) is 3.15. The number of thiophene rings is 1. The van der Waals surface area contributed by atoms with Gasteiger partial charge in [-0.25, -0.2) is 0 Å². The van der Waals surface area contributed by atoms with Gasteiger partial charge in [-0.15, -0.1) is 24.5 Å². The first-order valence-corrected chi connectivity index (χ1v) is 10.4. The van der Waals surface area contributed by atoms with Crippen molar-refractivity contribution in [1.29, 1.82) is 0 Å². The molecule has 0 bridgehead atoms. The van der Waals surface area contributed by atoms with Crippen molar-refractivity contribution >= 4 is 28.2 Å². The Labute approximate surface area is 176 Å². The summed E-state index contributed by atoms with van der Waals surface area (Å²) in [6, 6.07) is 7.37. The van der Waals surface area contributed by atoms with E-state index < -0.39 is 6.36 Å². The van der Waals surface area contributed by atoms with Crippen molar-refractivity contribution < 1.29 is 32.2 Å². The molecule has 0 spiro atoms. The second-order valence-corrected chi connectivity index (χ2v) is 8.18. The number of esters is 1. The van der Waals surface area contributed by atoms with E-state index in [4.69, 9.17) is 4.74 Å². The highest BCUT2D eigenvalue weighted by Gasteiger charge is 2.31. The van der Waals surface area contributed by atoms with Gasteiger partial charge >= 0.3 is 12.3 Å². The number of anilines is 1. The second kappa shape index (κ2) is 9.51. The van der Waals surface area contributed by atoms with Gasteiger partial charge in [-0.05, 0) is 60.9 Å². The van der Waals surface area contributed by atoms with Crippen LogP contribution in [0, 0.1) is 11.8 Å². The molecular formula is C21H22F3NO4S. The maximum absolute atomic E-state index is 12.4. The standard InChI is InChI=1S/C21H22F3NO4S/c1-28-20(27)15-4-2-13(3-5-15)10-18(26)25-19-11-16(12-30-19)14-6-8-17(9-7-14)29-21(22,23)24/h6-9,11-13,15H,2-5,10H2,1H3,(H,25,26). The summed E-state index contributed by atoms with van der Waals surface area (Å²) in [4.78, 5) is 23.9. The van der Waals surface area contributed by atoms with Crippen LogP contribution in [0.25, 0.3) is 11.1 Å². The van der Waals surface area contributed by atoms with Crippen LogP contribution in [0.15, 0.2) is 35.7 Å². The molecule has 0 saturated heterocycles. The van der Waals surface area contributed by atoms with Gasteiger partial charge in [-0.2, -0.15) is 0 Å². The highest BCUT2D eigenvalue weighted by atomic mass is 32.1. The lowest BCUT2D eigenvalue weighted by Crippen LogP contribution is -2.25. The number of hydrogen-bond acceptors (Lipinski definition) is 5. The summed E-state index contributed by atoms with van der Waals surface area (Å²) < 4.78 is 45.4. The van der Waals surface area contributed by atoms with Crippen LogP contribution in [0.4, 0.5) is 18.2 Å². The van der Waals surface area contributed by atoms with Crippen LogP contribution >= 0.6 is 11.3 Å². The lowest BCUT2D eigenvalue weighted by atomic mass is 9.80. The van der Waals surface area contributed by atoms with Crippen molar-refractivity contribution in [1.82, 2.24) is 0 Å². The number of carbonyl (C=O) groups is 2. The van der Waals surface area contributed by atoms with E-state index in [1.807, 2.05) is 5.38 Å². The molecule has 9 heteroatoms. The Morgan fingerprint density at radius 2 is 1.77 bits per heavy atom. The van der Waals surface area contributed by atoms with Crippen molar-refractivity contribution in [3.63, 3.8) is 0 Å². The monoisotopic (exact) mass is 441 g/mol. The number of amides is 1. The topological polar surface area (TPSA) is 64.6 Å².